The van der Waals surface area contributed by atoms with Crippen molar-refractivity contribution in [1.29, 1.82) is 0 Å². The first kappa shape index (κ1) is 17.2. The van der Waals surface area contributed by atoms with E-state index in [1.165, 1.54) is 17.7 Å². The standard InChI is InChI=1S/C16H31N3O/c1-6-7-9-20-10-8-19-15(5)16(14(4)18-19)12-17-11-13(2)3/h13,17H,6-12H2,1-5H3. The van der Waals surface area contributed by atoms with Crippen LogP contribution in [0.15, 0.2) is 0 Å². The highest BCUT2D eigenvalue weighted by Crippen LogP contribution is 2.12. The molecule has 0 radical (unpaired) electrons. The zero-order chi connectivity index (χ0) is 15.0. The molecule has 1 rings (SSSR count). The maximum Gasteiger partial charge on any atom is 0.0662 e. The molecule has 0 unspecified atom stereocenters. The minimum atomic E-state index is 0.678. The number of nitrogens with zero attached hydrogens (tertiary/aromatic N) is 2. The lowest BCUT2D eigenvalue weighted by molar-refractivity contribution is 0.120. The summed E-state index contributed by atoms with van der Waals surface area (Å²) in [6.07, 6.45) is 2.33. The Kier molecular flexibility index (Phi) is 7.85. The highest BCUT2D eigenvalue weighted by atomic mass is 16.5. The van der Waals surface area contributed by atoms with Gasteiger partial charge >= 0.3 is 0 Å². The number of unbranched alkanes of at least 4 members (excludes halogenated alkanes) is 1. The summed E-state index contributed by atoms with van der Waals surface area (Å²) in [5.74, 6) is 0.678. The lowest BCUT2D eigenvalue weighted by atomic mass is 10.2. The molecule has 0 aliphatic heterocycles. The molecule has 0 atom stereocenters. The summed E-state index contributed by atoms with van der Waals surface area (Å²) in [6.45, 7) is 15.3. The van der Waals surface area contributed by atoms with E-state index >= 15 is 0 Å². The average molecular weight is 281 g/mol. The predicted molar refractivity (Wildman–Crippen MR) is 84.0 cm³/mol. The minimum absolute atomic E-state index is 0.678. The van der Waals surface area contributed by atoms with Gasteiger partial charge in [-0.1, -0.05) is 27.2 Å². The van der Waals surface area contributed by atoms with Gasteiger partial charge in [0.15, 0.2) is 0 Å². The molecule has 20 heavy (non-hydrogen) atoms. The van der Waals surface area contributed by atoms with Crippen LogP contribution in [0.2, 0.25) is 0 Å². The van der Waals surface area contributed by atoms with Crippen LogP contribution in [0.3, 0.4) is 0 Å². The van der Waals surface area contributed by atoms with E-state index in [9.17, 15) is 0 Å². The van der Waals surface area contributed by atoms with Gasteiger partial charge < -0.3 is 10.1 Å². The van der Waals surface area contributed by atoms with Crippen LogP contribution in [0.25, 0.3) is 0 Å². The quantitative estimate of drug-likeness (QED) is 0.670. The molecule has 0 amide bonds. The zero-order valence-electron chi connectivity index (χ0n) is 13.8. The van der Waals surface area contributed by atoms with Gasteiger partial charge in [-0.15, -0.1) is 0 Å². The number of hydrogen-bond acceptors (Lipinski definition) is 3. The van der Waals surface area contributed by atoms with Gasteiger partial charge in [0.2, 0.25) is 0 Å². The number of hydrogen-bond donors (Lipinski definition) is 1. The van der Waals surface area contributed by atoms with E-state index in [2.05, 4.69) is 49.7 Å². The van der Waals surface area contributed by atoms with Crippen molar-refractivity contribution in [3.05, 3.63) is 17.0 Å². The van der Waals surface area contributed by atoms with Crippen LogP contribution in [-0.2, 0) is 17.8 Å². The van der Waals surface area contributed by atoms with Gasteiger partial charge in [0.25, 0.3) is 0 Å². The van der Waals surface area contributed by atoms with E-state index in [-0.39, 0.29) is 0 Å². The van der Waals surface area contributed by atoms with Crippen molar-refractivity contribution in [2.24, 2.45) is 5.92 Å². The lowest BCUT2D eigenvalue weighted by Gasteiger charge is -2.09. The molecule has 0 aromatic carbocycles. The summed E-state index contributed by atoms with van der Waals surface area (Å²) in [5, 5.41) is 8.12. The van der Waals surface area contributed by atoms with Crippen LogP contribution in [0.4, 0.5) is 0 Å². The number of aryl methyl sites for hydroxylation is 1. The van der Waals surface area contributed by atoms with E-state index in [1.54, 1.807) is 0 Å². The highest BCUT2D eigenvalue weighted by Gasteiger charge is 2.10. The molecule has 0 aliphatic rings. The molecule has 1 aromatic heterocycles. The number of rotatable bonds is 10. The SMILES string of the molecule is CCCCOCCn1nc(C)c(CNCC(C)C)c1C. The molecule has 0 spiro atoms. The van der Waals surface area contributed by atoms with Gasteiger partial charge in [-0.3, -0.25) is 4.68 Å². The van der Waals surface area contributed by atoms with Crippen molar-refractivity contribution in [3.63, 3.8) is 0 Å². The van der Waals surface area contributed by atoms with E-state index in [0.29, 0.717) is 5.92 Å². The zero-order valence-corrected chi connectivity index (χ0v) is 13.8. The second-order valence-electron chi connectivity index (χ2n) is 5.86. The van der Waals surface area contributed by atoms with E-state index in [0.717, 1.165) is 45.0 Å². The van der Waals surface area contributed by atoms with Gasteiger partial charge in [0.1, 0.15) is 0 Å². The molecule has 4 heteroatoms. The van der Waals surface area contributed by atoms with Gasteiger partial charge in [-0.25, -0.2) is 0 Å². The Morgan fingerprint density at radius 1 is 1.25 bits per heavy atom. The average Bonchev–Trinajstić information content (AvgIpc) is 2.65. The van der Waals surface area contributed by atoms with Crippen LogP contribution < -0.4 is 5.32 Å². The van der Waals surface area contributed by atoms with Crippen molar-refractivity contribution in [2.45, 2.75) is 60.5 Å². The molecule has 0 fully saturated rings. The summed E-state index contributed by atoms with van der Waals surface area (Å²) < 4.78 is 7.70. The van der Waals surface area contributed by atoms with Crippen LogP contribution in [0, 0.1) is 19.8 Å². The fourth-order valence-corrected chi connectivity index (χ4v) is 2.19. The van der Waals surface area contributed by atoms with Crippen molar-refractivity contribution >= 4 is 0 Å². The predicted octanol–water partition coefficient (Wildman–Crippen LogP) is 3.06. The van der Waals surface area contributed by atoms with Crippen molar-refractivity contribution in [2.75, 3.05) is 19.8 Å². The third-order valence-corrected chi connectivity index (χ3v) is 3.48. The molecule has 0 saturated heterocycles. The summed E-state index contributed by atoms with van der Waals surface area (Å²) in [5.41, 5.74) is 3.73. The molecule has 0 saturated carbocycles. The molecular weight excluding hydrogens is 250 g/mol. The largest absolute Gasteiger partial charge is 0.380 e. The molecular formula is C16H31N3O. The summed E-state index contributed by atoms with van der Waals surface area (Å²) in [7, 11) is 0. The molecule has 1 aromatic rings. The molecule has 0 aliphatic carbocycles. The number of aromatic nitrogens is 2. The number of nitrogens with one attached hydrogen (secondary N) is 1. The first-order chi connectivity index (χ1) is 9.56. The fraction of sp³-hybridized carbons (Fsp3) is 0.812. The van der Waals surface area contributed by atoms with Crippen molar-refractivity contribution in [1.82, 2.24) is 15.1 Å². The van der Waals surface area contributed by atoms with Crippen molar-refractivity contribution < 1.29 is 4.74 Å². The Morgan fingerprint density at radius 2 is 2.00 bits per heavy atom. The van der Waals surface area contributed by atoms with Gasteiger partial charge in [-0.05, 0) is 32.7 Å². The van der Waals surface area contributed by atoms with Crippen LogP contribution in [0.5, 0.6) is 0 Å². The van der Waals surface area contributed by atoms with Crippen LogP contribution in [0.1, 0.15) is 50.6 Å². The first-order valence-electron chi connectivity index (χ1n) is 7.87. The Hall–Kier alpha value is -0.870. The maximum atomic E-state index is 5.62. The van der Waals surface area contributed by atoms with E-state index in [1.807, 2.05) is 0 Å². The summed E-state index contributed by atoms with van der Waals surface area (Å²) >= 11 is 0. The van der Waals surface area contributed by atoms with E-state index in [4.69, 9.17) is 4.74 Å². The minimum Gasteiger partial charge on any atom is -0.380 e. The molecule has 4 nitrogen and oxygen atoms in total. The second kappa shape index (κ2) is 9.14. The Bertz CT molecular complexity index is 385. The van der Waals surface area contributed by atoms with Gasteiger partial charge in [0.05, 0.1) is 18.8 Å². The number of ether oxygens (including phenoxy) is 1. The highest BCUT2D eigenvalue weighted by molar-refractivity contribution is 5.24. The summed E-state index contributed by atoms with van der Waals surface area (Å²) in [4.78, 5) is 0. The molecule has 1 heterocycles. The third kappa shape index (κ3) is 5.63. The topological polar surface area (TPSA) is 39.1 Å². The normalized spacial score (nSPS) is 11.5. The monoisotopic (exact) mass is 281 g/mol. The lowest BCUT2D eigenvalue weighted by Crippen LogP contribution is -2.19. The van der Waals surface area contributed by atoms with E-state index < -0.39 is 0 Å². The summed E-state index contributed by atoms with van der Waals surface area (Å²) in [6, 6.07) is 0. The Morgan fingerprint density at radius 3 is 2.65 bits per heavy atom. The molecule has 1 N–H and O–H groups in total. The van der Waals surface area contributed by atoms with Crippen LogP contribution >= 0.6 is 0 Å². The third-order valence-electron chi connectivity index (χ3n) is 3.48. The molecule has 116 valence electrons. The molecule has 0 bridgehead atoms. The van der Waals surface area contributed by atoms with Gasteiger partial charge in [-0.2, -0.15) is 5.10 Å². The smallest absolute Gasteiger partial charge is 0.0662 e. The van der Waals surface area contributed by atoms with Crippen LogP contribution in [-0.4, -0.2) is 29.5 Å². The fourth-order valence-electron chi connectivity index (χ4n) is 2.19. The Balaban J connectivity index is 2.44. The second-order valence-corrected chi connectivity index (χ2v) is 5.86. The first-order valence-corrected chi connectivity index (χ1v) is 7.87. The maximum absolute atomic E-state index is 5.62. The Labute approximate surface area is 123 Å². The van der Waals surface area contributed by atoms with Crippen molar-refractivity contribution in [3.8, 4) is 0 Å². The van der Waals surface area contributed by atoms with Gasteiger partial charge in [0, 0.05) is 24.4 Å².